The Bertz CT molecular complexity index is 616. The van der Waals surface area contributed by atoms with Gasteiger partial charge in [-0.25, -0.2) is 4.57 Å². The third-order valence-electron chi connectivity index (χ3n) is 3.86. The van der Waals surface area contributed by atoms with Gasteiger partial charge in [0.2, 0.25) is 0 Å². The molecule has 0 fully saturated rings. The van der Waals surface area contributed by atoms with Crippen LogP contribution in [-0.2, 0) is 20.2 Å². The van der Waals surface area contributed by atoms with Gasteiger partial charge in [-0.05, 0) is 24.2 Å². The third-order valence-corrected chi connectivity index (χ3v) is 8.68. The standard InChI is InChI=1S/C18H35O6PSi2/c1-21-17-9-8-16(15-19)18(14-17)24-25(20,22-10-12-26(2,3)4)23-11-13-27(5,6)7/h8-9,14,19H,10-13,15H2,1-7H3. The first-order chi connectivity index (χ1) is 12.4. The SMILES string of the molecule is COc1ccc(CO)c(OP(=O)(OCC[Si](C)(C)C)OCC[Si](C)(C)C)c1. The molecule has 9 heteroatoms. The lowest BCUT2D eigenvalue weighted by atomic mass is 10.2. The Morgan fingerprint density at radius 2 is 1.48 bits per heavy atom. The molecular weight excluding hydrogens is 399 g/mol. The van der Waals surface area contributed by atoms with Crippen molar-refractivity contribution in [1.29, 1.82) is 0 Å². The number of rotatable bonds is 12. The van der Waals surface area contributed by atoms with Crippen molar-refractivity contribution in [3.8, 4) is 11.5 Å². The molecule has 0 amide bonds. The highest BCUT2D eigenvalue weighted by Gasteiger charge is 2.31. The van der Waals surface area contributed by atoms with Gasteiger partial charge in [0.25, 0.3) is 0 Å². The van der Waals surface area contributed by atoms with E-state index in [0.29, 0.717) is 24.5 Å². The molecule has 0 bridgehead atoms. The van der Waals surface area contributed by atoms with Crippen LogP contribution in [0.3, 0.4) is 0 Å². The Kier molecular flexibility index (Phi) is 9.25. The molecule has 0 radical (unpaired) electrons. The molecule has 0 heterocycles. The number of methoxy groups -OCH3 is 1. The zero-order valence-electron chi connectivity index (χ0n) is 17.7. The molecule has 0 saturated carbocycles. The average molecular weight is 435 g/mol. The first kappa shape index (κ1) is 24.4. The molecule has 1 N–H and O–H groups in total. The average Bonchev–Trinajstić information content (AvgIpc) is 2.52. The van der Waals surface area contributed by atoms with Gasteiger partial charge in [0, 0.05) is 27.8 Å². The number of aliphatic hydroxyl groups excluding tert-OH is 1. The van der Waals surface area contributed by atoms with Gasteiger partial charge in [0.15, 0.2) is 0 Å². The molecule has 0 saturated heterocycles. The second kappa shape index (κ2) is 10.2. The summed E-state index contributed by atoms with van der Waals surface area (Å²) in [6, 6.07) is 6.66. The van der Waals surface area contributed by atoms with Crippen molar-refractivity contribution in [2.45, 2.75) is 58.0 Å². The Morgan fingerprint density at radius 3 is 1.89 bits per heavy atom. The van der Waals surface area contributed by atoms with Gasteiger partial charge in [0.05, 0.1) is 26.9 Å². The fourth-order valence-corrected chi connectivity index (χ4v) is 5.01. The third kappa shape index (κ3) is 9.92. The minimum absolute atomic E-state index is 0.247. The number of phosphoric acid groups is 1. The van der Waals surface area contributed by atoms with Crippen molar-refractivity contribution in [3.63, 3.8) is 0 Å². The Hall–Kier alpha value is -0.636. The topological polar surface area (TPSA) is 74.2 Å². The number of phosphoric ester groups is 1. The summed E-state index contributed by atoms with van der Waals surface area (Å²) in [6.45, 7) is 13.7. The fraction of sp³-hybridized carbons (Fsp3) is 0.667. The van der Waals surface area contributed by atoms with Crippen LogP contribution in [0.2, 0.25) is 51.4 Å². The summed E-state index contributed by atoms with van der Waals surface area (Å²) >= 11 is 0. The van der Waals surface area contributed by atoms with E-state index in [-0.39, 0.29) is 12.4 Å². The van der Waals surface area contributed by atoms with Crippen LogP contribution < -0.4 is 9.26 Å². The molecule has 0 aliphatic heterocycles. The molecule has 1 aromatic rings. The van der Waals surface area contributed by atoms with E-state index < -0.39 is 24.0 Å². The maximum atomic E-state index is 13.3. The second-order valence-electron chi connectivity index (χ2n) is 8.96. The van der Waals surface area contributed by atoms with Crippen LogP contribution in [0.5, 0.6) is 11.5 Å². The molecule has 6 nitrogen and oxygen atoms in total. The van der Waals surface area contributed by atoms with Gasteiger partial charge in [-0.2, -0.15) is 0 Å². The first-order valence-electron chi connectivity index (χ1n) is 9.24. The van der Waals surface area contributed by atoms with Crippen LogP contribution in [-0.4, -0.2) is 41.6 Å². The fourth-order valence-electron chi connectivity index (χ4n) is 2.02. The summed E-state index contributed by atoms with van der Waals surface area (Å²) in [6.07, 6.45) is 0. The van der Waals surface area contributed by atoms with E-state index in [2.05, 4.69) is 39.3 Å². The summed E-state index contributed by atoms with van der Waals surface area (Å²) in [7, 11) is -4.98. The van der Waals surface area contributed by atoms with Crippen molar-refractivity contribution in [1.82, 2.24) is 0 Å². The van der Waals surface area contributed by atoms with Crippen molar-refractivity contribution < 1.29 is 28.0 Å². The Labute approximate surface area is 165 Å². The smallest absolute Gasteiger partial charge is 0.497 e. The minimum atomic E-state index is -3.81. The summed E-state index contributed by atoms with van der Waals surface area (Å²) in [5.41, 5.74) is 0.499. The molecule has 0 aliphatic rings. The van der Waals surface area contributed by atoms with Gasteiger partial charge in [0.1, 0.15) is 11.5 Å². The zero-order chi connectivity index (χ0) is 20.7. The van der Waals surface area contributed by atoms with Gasteiger partial charge >= 0.3 is 7.82 Å². The van der Waals surface area contributed by atoms with Crippen LogP contribution >= 0.6 is 7.82 Å². The molecule has 0 atom stereocenters. The summed E-state index contributed by atoms with van der Waals surface area (Å²) < 4.78 is 35.4. The number of hydrogen-bond acceptors (Lipinski definition) is 6. The van der Waals surface area contributed by atoms with Crippen molar-refractivity contribution >= 4 is 24.0 Å². The Balaban J connectivity index is 2.97. The van der Waals surface area contributed by atoms with E-state index in [9.17, 15) is 9.67 Å². The summed E-state index contributed by atoms with van der Waals surface area (Å²) in [4.78, 5) is 0. The highest BCUT2D eigenvalue weighted by molar-refractivity contribution is 7.49. The maximum Gasteiger partial charge on any atom is 0.530 e. The second-order valence-corrected chi connectivity index (χ2v) is 21.8. The van der Waals surface area contributed by atoms with Crippen LogP contribution in [0.4, 0.5) is 0 Å². The van der Waals surface area contributed by atoms with E-state index in [0.717, 1.165) is 12.1 Å². The van der Waals surface area contributed by atoms with Crippen LogP contribution in [0.15, 0.2) is 18.2 Å². The van der Waals surface area contributed by atoms with Crippen LogP contribution in [0.25, 0.3) is 0 Å². The first-order valence-corrected chi connectivity index (χ1v) is 18.1. The number of aliphatic hydroxyl groups is 1. The predicted molar refractivity (Wildman–Crippen MR) is 115 cm³/mol. The molecule has 1 aromatic carbocycles. The molecular formula is C18H35O6PSi2. The number of ether oxygens (including phenoxy) is 1. The molecule has 0 aliphatic carbocycles. The highest BCUT2D eigenvalue weighted by Crippen LogP contribution is 2.51. The normalized spacial score (nSPS) is 12.9. The molecule has 27 heavy (non-hydrogen) atoms. The lowest BCUT2D eigenvalue weighted by Crippen LogP contribution is -2.23. The zero-order valence-corrected chi connectivity index (χ0v) is 20.6. The lowest BCUT2D eigenvalue weighted by Gasteiger charge is -2.23. The van der Waals surface area contributed by atoms with Gasteiger partial charge < -0.3 is 14.4 Å². The summed E-state index contributed by atoms with van der Waals surface area (Å²) in [5.74, 6) is 0.791. The van der Waals surface area contributed by atoms with Crippen LogP contribution in [0.1, 0.15) is 5.56 Å². The summed E-state index contributed by atoms with van der Waals surface area (Å²) in [5, 5.41) is 9.56. The van der Waals surface area contributed by atoms with Gasteiger partial charge in [-0.1, -0.05) is 39.3 Å². The van der Waals surface area contributed by atoms with E-state index in [4.69, 9.17) is 18.3 Å². The van der Waals surface area contributed by atoms with Gasteiger partial charge in [-0.3, -0.25) is 9.05 Å². The lowest BCUT2D eigenvalue weighted by molar-refractivity contribution is 0.165. The predicted octanol–water partition coefficient (Wildman–Crippen LogP) is 5.38. The van der Waals surface area contributed by atoms with Crippen LogP contribution in [0, 0.1) is 0 Å². The largest absolute Gasteiger partial charge is 0.530 e. The monoisotopic (exact) mass is 434 g/mol. The van der Waals surface area contributed by atoms with E-state index in [1.807, 2.05) is 0 Å². The molecule has 0 aromatic heterocycles. The highest BCUT2D eigenvalue weighted by atomic mass is 31.2. The van der Waals surface area contributed by atoms with Crippen molar-refractivity contribution in [2.24, 2.45) is 0 Å². The Morgan fingerprint density at radius 1 is 0.963 bits per heavy atom. The molecule has 0 unspecified atom stereocenters. The van der Waals surface area contributed by atoms with Crippen molar-refractivity contribution in [2.75, 3.05) is 20.3 Å². The quantitative estimate of drug-likeness (QED) is 0.351. The van der Waals surface area contributed by atoms with E-state index in [1.165, 1.54) is 7.11 Å². The van der Waals surface area contributed by atoms with Crippen molar-refractivity contribution in [3.05, 3.63) is 23.8 Å². The number of benzene rings is 1. The van der Waals surface area contributed by atoms with E-state index in [1.54, 1.807) is 18.2 Å². The van der Waals surface area contributed by atoms with E-state index >= 15 is 0 Å². The minimum Gasteiger partial charge on any atom is -0.497 e. The molecule has 0 spiro atoms. The number of hydrogen-bond donors (Lipinski definition) is 1. The van der Waals surface area contributed by atoms with Gasteiger partial charge in [-0.15, -0.1) is 0 Å². The molecule has 1 rings (SSSR count). The molecule has 156 valence electrons. The maximum absolute atomic E-state index is 13.3.